The van der Waals surface area contributed by atoms with Crippen LogP contribution in [0, 0.1) is 0 Å². The minimum absolute atomic E-state index is 0.110. The number of aliphatic hydroxyl groups excluding tert-OH is 1. The van der Waals surface area contributed by atoms with E-state index in [0.29, 0.717) is 0 Å². The lowest BCUT2D eigenvalue weighted by molar-refractivity contribution is -0.140. The van der Waals surface area contributed by atoms with E-state index in [4.69, 9.17) is 10.2 Å². The number of carboxylic acids is 1. The van der Waals surface area contributed by atoms with Gasteiger partial charge in [0.2, 0.25) is 0 Å². The molecule has 18 heavy (non-hydrogen) atoms. The summed E-state index contributed by atoms with van der Waals surface area (Å²) in [5, 5.41) is 22.5. The maximum atomic E-state index is 11.6. The Hall–Kier alpha value is -1.30. The van der Waals surface area contributed by atoms with Gasteiger partial charge in [-0.2, -0.15) is 0 Å². The summed E-state index contributed by atoms with van der Waals surface area (Å²) in [6.45, 7) is -0.604. The molecule has 1 rings (SSSR count). The molecule has 0 heterocycles. The summed E-state index contributed by atoms with van der Waals surface area (Å²) < 4.78 is 0. The van der Waals surface area contributed by atoms with Crippen LogP contribution in [0.25, 0.3) is 0 Å². The van der Waals surface area contributed by atoms with Gasteiger partial charge in [0.25, 0.3) is 0 Å². The van der Waals surface area contributed by atoms with Gasteiger partial charge in [-0.15, -0.1) is 0 Å². The number of rotatable bonds is 4. The zero-order valence-corrected chi connectivity index (χ0v) is 10.5. The molecule has 1 aliphatic carbocycles. The molecule has 1 fully saturated rings. The lowest BCUT2D eigenvalue weighted by atomic mass is 9.97. The van der Waals surface area contributed by atoms with E-state index in [9.17, 15) is 9.59 Å². The molecule has 6 nitrogen and oxygen atoms in total. The van der Waals surface area contributed by atoms with Crippen LogP contribution in [-0.4, -0.2) is 40.9 Å². The highest BCUT2D eigenvalue weighted by atomic mass is 16.4. The molecule has 0 spiro atoms. The minimum atomic E-state index is -1.24. The summed E-state index contributed by atoms with van der Waals surface area (Å²) in [7, 11) is 0. The van der Waals surface area contributed by atoms with Crippen LogP contribution >= 0.6 is 0 Å². The lowest BCUT2D eigenvalue weighted by Gasteiger charge is -2.22. The molecule has 104 valence electrons. The molecule has 0 aromatic carbocycles. The Balaban J connectivity index is 2.35. The van der Waals surface area contributed by atoms with Gasteiger partial charge in [0.15, 0.2) is 6.04 Å². The van der Waals surface area contributed by atoms with Crippen molar-refractivity contribution in [3.05, 3.63) is 0 Å². The maximum Gasteiger partial charge on any atom is 0.328 e. The number of urea groups is 1. The summed E-state index contributed by atoms with van der Waals surface area (Å²) >= 11 is 0. The van der Waals surface area contributed by atoms with Crippen LogP contribution in [0.15, 0.2) is 0 Å². The van der Waals surface area contributed by atoms with Gasteiger partial charge in [-0.3, -0.25) is 0 Å². The van der Waals surface area contributed by atoms with Crippen molar-refractivity contribution in [2.24, 2.45) is 0 Å². The van der Waals surface area contributed by atoms with Crippen molar-refractivity contribution >= 4 is 12.0 Å². The van der Waals surface area contributed by atoms with E-state index in [1.807, 2.05) is 0 Å². The van der Waals surface area contributed by atoms with Gasteiger partial charge in [-0.05, 0) is 12.8 Å². The highest BCUT2D eigenvalue weighted by Gasteiger charge is 2.20. The summed E-state index contributed by atoms with van der Waals surface area (Å²) in [6, 6.07) is -1.64. The van der Waals surface area contributed by atoms with Crippen molar-refractivity contribution in [3.63, 3.8) is 0 Å². The van der Waals surface area contributed by atoms with Crippen LogP contribution in [0.1, 0.15) is 44.9 Å². The minimum Gasteiger partial charge on any atom is -0.480 e. The number of hydrogen-bond acceptors (Lipinski definition) is 3. The van der Waals surface area contributed by atoms with Crippen molar-refractivity contribution in [2.45, 2.75) is 57.0 Å². The van der Waals surface area contributed by atoms with Crippen molar-refractivity contribution in [1.29, 1.82) is 0 Å². The van der Waals surface area contributed by atoms with Gasteiger partial charge < -0.3 is 20.8 Å². The smallest absolute Gasteiger partial charge is 0.328 e. The first-order valence-electron chi connectivity index (χ1n) is 6.54. The lowest BCUT2D eigenvalue weighted by Crippen LogP contribution is -2.50. The van der Waals surface area contributed by atoms with Crippen molar-refractivity contribution in [2.75, 3.05) is 6.61 Å². The number of aliphatic carboxylic acids is 1. The topological polar surface area (TPSA) is 98.7 Å². The molecule has 0 aromatic heterocycles. The van der Waals surface area contributed by atoms with E-state index in [1.165, 1.54) is 19.3 Å². The fourth-order valence-electron chi connectivity index (χ4n) is 2.17. The van der Waals surface area contributed by atoms with Crippen molar-refractivity contribution in [1.82, 2.24) is 10.6 Å². The Morgan fingerprint density at radius 3 is 2.17 bits per heavy atom. The van der Waals surface area contributed by atoms with E-state index < -0.39 is 24.6 Å². The quantitative estimate of drug-likeness (QED) is 0.600. The molecule has 0 unspecified atom stereocenters. The summed E-state index contributed by atoms with van der Waals surface area (Å²) in [5.74, 6) is -1.23. The molecule has 0 radical (unpaired) electrons. The van der Waals surface area contributed by atoms with E-state index >= 15 is 0 Å². The van der Waals surface area contributed by atoms with Gasteiger partial charge >= 0.3 is 12.0 Å². The van der Waals surface area contributed by atoms with Crippen LogP contribution in [0.4, 0.5) is 4.79 Å². The highest BCUT2D eigenvalue weighted by Crippen LogP contribution is 2.16. The third-order valence-electron chi connectivity index (χ3n) is 3.23. The SMILES string of the molecule is O=C(NC1CCCCCCC1)N[C@H](CO)C(=O)O. The summed E-state index contributed by atoms with van der Waals surface area (Å²) in [6.07, 6.45) is 7.68. The van der Waals surface area contributed by atoms with Crippen LogP contribution in [0.2, 0.25) is 0 Å². The van der Waals surface area contributed by atoms with Gasteiger partial charge in [0.1, 0.15) is 0 Å². The normalized spacial score (nSPS) is 19.4. The van der Waals surface area contributed by atoms with E-state index in [-0.39, 0.29) is 6.04 Å². The number of hydrogen-bond donors (Lipinski definition) is 4. The number of nitrogens with one attached hydrogen (secondary N) is 2. The molecule has 0 aliphatic heterocycles. The third-order valence-corrected chi connectivity index (χ3v) is 3.23. The van der Waals surface area contributed by atoms with Gasteiger partial charge in [-0.25, -0.2) is 9.59 Å². The average Bonchev–Trinajstić information content (AvgIpc) is 2.29. The number of aliphatic hydroxyl groups is 1. The molecule has 0 saturated heterocycles. The molecule has 0 aromatic rings. The monoisotopic (exact) mass is 258 g/mol. The zero-order chi connectivity index (χ0) is 13.4. The Labute approximate surface area is 107 Å². The fourth-order valence-corrected chi connectivity index (χ4v) is 2.17. The summed E-state index contributed by atoms with van der Waals surface area (Å²) in [4.78, 5) is 22.2. The number of carbonyl (C=O) groups excluding carboxylic acids is 1. The van der Waals surface area contributed by atoms with Crippen molar-refractivity contribution in [3.8, 4) is 0 Å². The fraction of sp³-hybridized carbons (Fsp3) is 0.833. The standard InChI is InChI=1S/C12H22N2O4/c15-8-10(11(16)17)14-12(18)13-9-6-4-2-1-3-5-7-9/h9-10,15H,1-8H2,(H,16,17)(H2,13,14,18)/t10-/m1/s1. The number of carbonyl (C=O) groups is 2. The van der Waals surface area contributed by atoms with Gasteiger partial charge in [0, 0.05) is 6.04 Å². The Bertz CT molecular complexity index is 275. The van der Waals surface area contributed by atoms with Crippen LogP contribution in [0.5, 0.6) is 0 Å². The number of carboxylic acid groups (broad SMARTS) is 1. The first-order chi connectivity index (χ1) is 8.63. The van der Waals surface area contributed by atoms with Gasteiger partial charge in [0.05, 0.1) is 6.61 Å². The average molecular weight is 258 g/mol. The van der Waals surface area contributed by atoms with Crippen molar-refractivity contribution < 1.29 is 19.8 Å². The first-order valence-corrected chi connectivity index (χ1v) is 6.54. The Kier molecular flexibility index (Phi) is 6.49. The molecule has 6 heteroatoms. The number of amides is 2. The second-order valence-electron chi connectivity index (χ2n) is 4.73. The molecule has 2 amide bonds. The summed E-state index contributed by atoms with van der Waals surface area (Å²) in [5.41, 5.74) is 0. The molecule has 1 saturated carbocycles. The molecule has 4 N–H and O–H groups in total. The van der Waals surface area contributed by atoms with Crippen LogP contribution < -0.4 is 10.6 Å². The molecular formula is C12H22N2O4. The zero-order valence-electron chi connectivity index (χ0n) is 10.5. The maximum absolute atomic E-state index is 11.6. The van der Waals surface area contributed by atoms with Crippen LogP contribution in [-0.2, 0) is 4.79 Å². The highest BCUT2D eigenvalue weighted by molar-refractivity contribution is 5.82. The van der Waals surface area contributed by atoms with E-state index in [2.05, 4.69) is 10.6 Å². The molecule has 0 bridgehead atoms. The Morgan fingerprint density at radius 2 is 1.67 bits per heavy atom. The molecule has 1 aliphatic rings. The largest absolute Gasteiger partial charge is 0.480 e. The van der Waals surface area contributed by atoms with Gasteiger partial charge in [-0.1, -0.05) is 32.1 Å². The van der Waals surface area contributed by atoms with E-state index in [1.54, 1.807) is 0 Å². The van der Waals surface area contributed by atoms with E-state index in [0.717, 1.165) is 25.7 Å². The predicted octanol–water partition coefficient (Wildman–Crippen LogP) is 0.844. The second kappa shape index (κ2) is 7.92. The Morgan fingerprint density at radius 1 is 1.11 bits per heavy atom. The third kappa shape index (κ3) is 5.35. The van der Waals surface area contributed by atoms with Crippen LogP contribution in [0.3, 0.4) is 0 Å². The second-order valence-corrected chi connectivity index (χ2v) is 4.73. The molecular weight excluding hydrogens is 236 g/mol. The predicted molar refractivity (Wildman–Crippen MR) is 66.3 cm³/mol. The first kappa shape index (κ1) is 14.8. The molecule has 1 atom stereocenters.